The van der Waals surface area contributed by atoms with Crippen LogP contribution in [0.4, 0.5) is 0 Å². The van der Waals surface area contributed by atoms with E-state index in [4.69, 9.17) is 10.3 Å². The highest BCUT2D eigenvalue weighted by Gasteiger charge is 2.28. The summed E-state index contributed by atoms with van der Waals surface area (Å²) in [6.45, 7) is 8.81. The fraction of sp³-hybridized carbons (Fsp3) is 0.875. The van der Waals surface area contributed by atoms with Crippen LogP contribution in [0, 0.1) is 11.8 Å². The van der Waals surface area contributed by atoms with Crippen molar-refractivity contribution in [3.05, 3.63) is 11.7 Å². The topological polar surface area (TPSA) is 64.9 Å². The molecule has 0 amide bonds. The molecule has 2 N–H and O–H groups in total. The van der Waals surface area contributed by atoms with Crippen LogP contribution in [0.5, 0.6) is 0 Å². The number of hydrogen-bond donors (Lipinski definition) is 1. The van der Waals surface area contributed by atoms with E-state index in [2.05, 4.69) is 37.8 Å². The highest BCUT2D eigenvalue weighted by Crippen LogP contribution is 2.37. The maximum atomic E-state index is 6.06. The summed E-state index contributed by atoms with van der Waals surface area (Å²) in [4.78, 5) is 4.61. The van der Waals surface area contributed by atoms with Gasteiger partial charge < -0.3 is 10.3 Å². The van der Waals surface area contributed by atoms with Crippen molar-refractivity contribution in [1.82, 2.24) is 10.1 Å². The largest absolute Gasteiger partial charge is 0.339 e. The maximum absolute atomic E-state index is 6.06. The van der Waals surface area contributed by atoms with E-state index in [0.29, 0.717) is 11.8 Å². The van der Waals surface area contributed by atoms with Gasteiger partial charge in [0.15, 0.2) is 5.82 Å². The average molecular weight is 279 g/mol. The summed E-state index contributed by atoms with van der Waals surface area (Å²) in [5.41, 5.74) is 6.06. The normalized spacial score (nSPS) is 26.7. The molecule has 0 aliphatic heterocycles. The number of aromatic nitrogens is 2. The minimum absolute atomic E-state index is 0.0972. The lowest BCUT2D eigenvalue weighted by molar-refractivity contribution is 0.251. The Morgan fingerprint density at radius 1 is 1.20 bits per heavy atom. The van der Waals surface area contributed by atoms with Crippen LogP contribution < -0.4 is 5.73 Å². The first-order chi connectivity index (χ1) is 9.52. The number of nitrogens with zero attached hydrogens (tertiary/aromatic N) is 2. The molecule has 0 radical (unpaired) electrons. The Morgan fingerprint density at radius 3 is 2.40 bits per heavy atom. The third-order valence-electron chi connectivity index (χ3n) is 5.04. The van der Waals surface area contributed by atoms with Crippen LogP contribution in [0.1, 0.15) is 83.3 Å². The molecule has 2 rings (SSSR count). The van der Waals surface area contributed by atoms with E-state index in [1.54, 1.807) is 0 Å². The lowest BCUT2D eigenvalue weighted by Crippen LogP contribution is -2.25. The number of nitrogens with two attached hydrogens (primary N) is 1. The van der Waals surface area contributed by atoms with Crippen LogP contribution in [0.3, 0.4) is 0 Å². The fourth-order valence-corrected chi connectivity index (χ4v) is 3.18. The first-order valence-corrected chi connectivity index (χ1v) is 8.12. The van der Waals surface area contributed by atoms with E-state index < -0.39 is 0 Å². The Hall–Kier alpha value is -0.900. The minimum Gasteiger partial charge on any atom is -0.339 e. The van der Waals surface area contributed by atoms with Gasteiger partial charge in [-0.25, -0.2) is 0 Å². The van der Waals surface area contributed by atoms with Crippen LogP contribution >= 0.6 is 0 Å². The van der Waals surface area contributed by atoms with Crippen LogP contribution in [0.2, 0.25) is 0 Å². The zero-order valence-electron chi connectivity index (χ0n) is 13.3. The van der Waals surface area contributed by atoms with Gasteiger partial charge in [-0.2, -0.15) is 4.98 Å². The van der Waals surface area contributed by atoms with Crippen molar-refractivity contribution in [2.75, 3.05) is 0 Å². The second kappa shape index (κ2) is 6.70. The fourth-order valence-electron chi connectivity index (χ4n) is 3.18. The predicted octanol–water partition coefficient (Wildman–Crippen LogP) is 3.84. The van der Waals surface area contributed by atoms with E-state index in [0.717, 1.165) is 24.1 Å². The van der Waals surface area contributed by atoms with Gasteiger partial charge in [-0.1, -0.05) is 32.9 Å². The summed E-state index contributed by atoms with van der Waals surface area (Å²) in [5.74, 6) is 3.89. The SMILES string of the molecule is CCC(N)C(C)c1nc(C2CCC(C(C)C)CC2)no1. The molecule has 1 heterocycles. The highest BCUT2D eigenvalue weighted by molar-refractivity contribution is 5.02. The Morgan fingerprint density at radius 2 is 1.85 bits per heavy atom. The monoisotopic (exact) mass is 279 g/mol. The Kier molecular flexibility index (Phi) is 5.19. The first-order valence-electron chi connectivity index (χ1n) is 8.12. The van der Waals surface area contributed by atoms with E-state index in [1.165, 1.54) is 25.7 Å². The molecule has 1 saturated carbocycles. The number of hydrogen-bond acceptors (Lipinski definition) is 4. The zero-order valence-corrected chi connectivity index (χ0v) is 13.3. The minimum atomic E-state index is 0.0972. The molecule has 1 aliphatic rings. The molecule has 0 aromatic carbocycles. The van der Waals surface area contributed by atoms with E-state index in [-0.39, 0.29) is 12.0 Å². The van der Waals surface area contributed by atoms with Crippen molar-refractivity contribution in [3.63, 3.8) is 0 Å². The molecule has 1 aromatic heterocycles. The van der Waals surface area contributed by atoms with Crippen LogP contribution in [0.25, 0.3) is 0 Å². The maximum Gasteiger partial charge on any atom is 0.231 e. The zero-order chi connectivity index (χ0) is 14.7. The molecular formula is C16H29N3O. The van der Waals surface area contributed by atoms with Gasteiger partial charge in [0, 0.05) is 12.0 Å². The molecule has 20 heavy (non-hydrogen) atoms. The standard InChI is InChI=1S/C16H29N3O/c1-5-14(17)11(4)16-18-15(19-20-16)13-8-6-12(7-9-13)10(2)3/h10-14H,5-9,17H2,1-4H3. The Balaban J connectivity index is 1.96. The second-order valence-corrected chi connectivity index (χ2v) is 6.71. The van der Waals surface area contributed by atoms with Crippen molar-refractivity contribution in [2.45, 2.75) is 77.7 Å². The van der Waals surface area contributed by atoms with Gasteiger partial charge in [0.1, 0.15) is 0 Å². The van der Waals surface area contributed by atoms with Crippen LogP contribution in [0.15, 0.2) is 4.52 Å². The van der Waals surface area contributed by atoms with E-state index in [9.17, 15) is 0 Å². The lowest BCUT2D eigenvalue weighted by atomic mass is 9.77. The first kappa shape index (κ1) is 15.5. The molecule has 1 aliphatic carbocycles. The predicted molar refractivity (Wildman–Crippen MR) is 80.5 cm³/mol. The molecule has 4 heteroatoms. The van der Waals surface area contributed by atoms with E-state index >= 15 is 0 Å². The van der Waals surface area contributed by atoms with Crippen molar-refractivity contribution >= 4 is 0 Å². The molecule has 0 saturated heterocycles. The molecule has 4 nitrogen and oxygen atoms in total. The summed E-state index contributed by atoms with van der Waals surface area (Å²) in [6.07, 6.45) is 5.89. The number of rotatable bonds is 5. The summed E-state index contributed by atoms with van der Waals surface area (Å²) in [6, 6.07) is 0.0972. The van der Waals surface area contributed by atoms with Gasteiger partial charge in [-0.05, 0) is 43.9 Å². The molecular weight excluding hydrogens is 250 g/mol. The quantitative estimate of drug-likeness (QED) is 0.889. The summed E-state index contributed by atoms with van der Waals surface area (Å²) < 4.78 is 5.44. The molecule has 2 atom stereocenters. The summed E-state index contributed by atoms with van der Waals surface area (Å²) >= 11 is 0. The molecule has 114 valence electrons. The lowest BCUT2D eigenvalue weighted by Gasteiger charge is -2.29. The average Bonchev–Trinajstić information content (AvgIpc) is 2.95. The van der Waals surface area contributed by atoms with Crippen LogP contribution in [-0.2, 0) is 0 Å². The Labute approximate surface area is 122 Å². The van der Waals surface area contributed by atoms with Gasteiger partial charge >= 0.3 is 0 Å². The molecule has 0 bridgehead atoms. The van der Waals surface area contributed by atoms with Gasteiger partial charge in [0.25, 0.3) is 0 Å². The van der Waals surface area contributed by atoms with E-state index in [1.807, 2.05) is 0 Å². The second-order valence-electron chi connectivity index (χ2n) is 6.71. The third-order valence-corrected chi connectivity index (χ3v) is 5.04. The summed E-state index contributed by atoms with van der Waals surface area (Å²) in [7, 11) is 0. The van der Waals surface area contributed by atoms with Gasteiger partial charge in [-0.15, -0.1) is 0 Å². The van der Waals surface area contributed by atoms with Crippen LogP contribution in [-0.4, -0.2) is 16.2 Å². The smallest absolute Gasteiger partial charge is 0.231 e. The molecule has 2 unspecified atom stereocenters. The molecule has 1 fully saturated rings. The highest BCUT2D eigenvalue weighted by atomic mass is 16.5. The van der Waals surface area contributed by atoms with Gasteiger partial charge in [0.2, 0.25) is 5.89 Å². The molecule has 0 spiro atoms. The van der Waals surface area contributed by atoms with Gasteiger partial charge in [-0.3, -0.25) is 0 Å². The molecule has 1 aromatic rings. The van der Waals surface area contributed by atoms with Crippen molar-refractivity contribution < 1.29 is 4.52 Å². The third kappa shape index (κ3) is 3.40. The van der Waals surface area contributed by atoms with Crippen molar-refractivity contribution in [1.29, 1.82) is 0 Å². The van der Waals surface area contributed by atoms with Gasteiger partial charge in [0.05, 0.1) is 5.92 Å². The Bertz CT molecular complexity index is 408. The summed E-state index contributed by atoms with van der Waals surface area (Å²) in [5, 5.41) is 4.21. The van der Waals surface area contributed by atoms with Crippen molar-refractivity contribution in [3.8, 4) is 0 Å². The van der Waals surface area contributed by atoms with Crippen molar-refractivity contribution in [2.24, 2.45) is 17.6 Å².